The van der Waals surface area contributed by atoms with Crippen molar-refractivity contribution in [2.24, 2.45) is 5.92 Å². The summed E-state index contributed by atoms with van der Waals surface area (Å²) >= 11 is 0. The Morgan fingerprint density at radius 3 is 2.87 bits per heavy atom. The first-order chi connectivity index (χ1) is 7.13. The second kappa shape index (κ2) is 5.70. The normalized spacial score (nSPS) is 22.3. The highest BCUT2D eigenvalue weighted by Gasteiger charge is 2.27. The number of likely N-dealkylation sites (tertiary alicyclic amines) is 1. The average Bonchev–Trinajstić information content (AvgIpc) is 2.17. The molecule has 0 unspecified atom stereocenters. The maximum atomic E-state index is 11.4. The van der Waals surface area contributed by atoms with Gasteiger partial charge in [-0.25, -0.2) is 0 Å². The molecule has 1 N–H and O–H groups in total. The fourth-order valence-corrected chi connectivity index (χ4v) is 1.84. The van der Waals surface area contributed by atoms with Crippen LogP contribution in [0.2, 0.25) is 0 Å². The number of piperidine rings is 1. The Morgan fingerprint density at radius 2 is 2.27 bits per heavy atom. The zero-order chi connectivity index (χ0) is 11.3. The number of carbonyl (C=O) groups excluding carboxylic acids is 1. The van der Waals surface area contributed by atoms with Crippen LogP contribution in [0.3, 0.4) is 0 Å². The lowest BCUT2D eigenvalue weighted by Crippen LogP contribution is -2.41. The number of hydrogen-bond acceptors (Lipinski definition) is 4. The van der Waals surface area contributed by atoms with E-state index in [4.69, 9.17) is 9.84 Å². The highest BCUT2D eigenvalue weighted by Crippen LogP contribution is 2.17. The second-order valence-corrected chi connectivity index (χ2v) is 3.72. The Kier molecular flexibility index (Phi) is 4.55. The third-order valence-corrected chi connectivity index (χ3v) is 2.48. The summed E-state index contributed by atoms with van der Waals surface area (Å²) in [5.41, 5.74) is 0. The van der Waals surface area contributed by atoms with E-state index in [1.54, 1.807) is 11.8 Å². The van der Waals surface area contributed by atoms with Gasteiger partial charge in [0.05, 0.1) is 19.1 Å². The molecule has 86 valence electrons. The van der Waals surface area contributed by atoms with E-state index in [2.05, 4.69) is 0 Å². The van der Waals surface area contributed by atoms with Crippen molar-refractivity contribution in [1.29, 1.82) is 0 Å². The van der Waals surface area contributed by atoms with Gasteiger partial charge in [-0.1, -0.05) is 0 Å². The zero-order valence-electron chi connectivity index (χ0n) is 8.94. The van der Waals surface area contributed by atoms with Crippen LogP contribution in [0.25, 0.3) is 0 Å². The van der Waals surface area contributed by atoms with Crippen molar-refractivity contribution in [3.63, 3.8) is 0 Å². The molecule has 1 heterocycles. The third-order valence-electron chi connectivity index (χ3n) is 2.48. The van der Waals surface area contributed by atoms with Crippen LogP contribution >= 0.6 is 0 Å². The Bertz CT molecular complexity index is 242. The minimum atomic E-state index is -0.848. The molecule has 0 saturated carbocycles. The Morgan fingerprint density at radius 1 is 1.53 bits per heavy atom. The van der Waals surface area contributed by atoms with Gasteiger partial charge in [0.15, 0.2) is 0 Å². The molecule has 0 aromatic carbocycles. The Balaban J connectivity index is 2.41. The van der Waals surface area contributed by atoms with E-state index in [0.717, 1.165) is 19.4 Å². The summed E-state index contributed by atoms with van der Waals surface area (Å²) in [6, 6.07) is 0. The van der Waals surface area contributed by atoms with Gasteiger partial charge in [-0.2, -0.15) is 0 Å². The van der Waals surface area contributed by atoms with Crippen molar-refractivity contribution < 1.29 is 19.4 Å². The van der Waals surface area contributed by atoms with Crippen molar-refractivity contribution in [2.45, 2.75) is 19.8 Å². The van der Waals surface area contributed by atoms with Crippen LogP contribution in [-0.2, 0) is 14.3 Å². The van der Waals surface area contributed by atoms with E-state index in [1.807, 2.05) is 0 Å². The van der Waals surface area contributed by atoms with E-state index >= 15 is 0 Å². The van der Waals surface area contributed by atoms with Crippen LogP contribution in [0, 0.1) is 5.92 Å². The predicted octanol–water partition coefficient (Wildman–Crippen LogP) is 0.346. The van der Waals surface area contributed by atoms with E-state index in [9.17, 15) is 9.59 Å². The molecular weight excluding hydrogens is 198 g/mol. The molecule has 15 heavy (non-hydrogen) atoms. The van der Waals surface area contributed by atoms with Crippen LogP contribution in [0.15, 0.2) is 0 Å². The van der Waals surface area contributed by atoms with Crippen LogP contribution in [0.4, 0.5) is 0 Å². The maximum Gasteiger partial charge on any atom is 0.317 e. The molecule has 5 nitrogen and oxygen atoms in total. The molecule has 0 spiro atoms. The smallest absolute Gasteiger partial charge is 0.317 e. The lowest BCUT2D eigenvalue weighted by atomic mass is 9.98. The number of esters is 1. The third kappa shape index (κ3) is 3.87. The molecule has 0 bridgehead atoms. The van der Waals surface area contributed by atoms with Crippen molar-refractivity contribution >= 4 is 11.9 Å². The van der Waals surface area contributed by atoms with Gasteiger partial charge >= 0.3 is 11.9 Å². The predicted molar refractivity (Wildman–Crippen MR) is 53.4 cm³/mol. The van der Waals surface area contributed by atoms with E-state index < -0.39 is 5.97 Å². The second-order valence-electron chi connectivity index (χ2n) is 3.72. The number of carboxylic acids is 1. The van der Waals surface area contributed by atoms with Crippen LogP contribution in [0.1, 0.15) is 19.8 Å². The minimum Gasteiger partial charge on any atom is -0.480 e. The number of carbonyl (C=O) groups is 2. The molecule has 1 fully saturated rings. The first kappa shape index (κ1) is 12.0. The van der Waals surface area contributed by atoms with Gasteiger partial charge < -0.3 is 9.84 Å². The molecule has 5 heteroatoms. The van der Waals surface area contributed by atoms with E-state index in [1.165, 1.54) is 0 Å². The largest absolute Gasteiger partial charge is 0.480 e. The highest BCUT2D eigenvalue weighted by atomic mass is 16.5. The maximum absolute atomic E-state index is 11.4. The summed E-state index contributed by atoms with van der Waals surface area (Å²) in [5.74, 6) is -1.20. The first-order valence-electron chi connectivity index (χ1n) is 5.24. The summed E-state index contributed by atoms with van der Waals surface area (Å²) in [6.45, 7) is 3.42. The van der Waals surface area contributed by atoms with E-state index in [0.29, 0.717) is 13.2 Å². The zero-order valence-corrected chi connectivity index (χ0v) is 8.94. The molecular formula is C10H17NO4. The van der Waals surface area contributed by atoms with Crippen LogP contribution in [-0.4, -0.2) is 48.2 Å². The fourth-order valence-electron chi connectivity index (χ4n) is 1.84. The number of ether oxygens (including phenoxy) is 1. The summed E-state index contributed by atoms with van der Waals surface area (Å²) in [6.07, 6.45) is 1.66. The average molecular weight is 215 g/mol. The number of hydrogen-bond donors (Lipinski definition) is 1. The minimum absolute atomic E-state index is 0.00983. The lowest BCUT2D eigenvalue weighted by molar-refractivity contribution is -0.151. The molecule has 0 aromatic heterocycles. The summed E-state index contributed by atoms with van der Waals surface area (Å²) < 4.78 is 4.92. The Hall–Kier alpha value is -1.10. The molecule has 1 aliphatic heterocycles. The topological polar surface area (TPSA) is 66.8 Å². The van der Waals surface area contributed by atoms with Gasteiger partial charge in [0.1, 0.15) is 0 Å². The molecule has 1 atom stereocenters. The molecule has 0 aliphatic carbocycles. The van der Waals surface area contributed by atoms with Gasteiger partial charge in [0.25, 0.3) is 0 Å². The standard InChI is InChI=1S/C10H17NO4/c1-2-15-10(14)8-4-3-5-11(6-8)7-9(12)13/h8H,2-7H2,1H3,(H,12,13)/t8-/m0/s1. The van der Waals surface area contributed by atoms with Gasteiger partial charge in [0, 0.05) is 6.54 Å². The quantitative estimate of drug-likeness (QED) is 0.685. The van der Waals surface area contributed by atoms with Crippen LogP contribution in [0.5, 0.6) is 0 Å². The van der Waals surface area contributed by atoms with Gasteiger partial charge in [-0.15, -0.1) is 0 Å². The summed E-state index contributed by atoms with van der Waals surface area (Å²) in [7, 11) is 0. The van der Waals surface area contributed by atoms with Crippen molar-refractivity contribution in [2.75, 3.05) is 26.2 Å². The Labute approximate surface area is 89.0 Å². The summed E-state index contributed by atoms with van der Waals surface area (Å²) in [5, 5.41) is 8.64. The summed E-state index contributed by atoms with van der Waals surface area (Å²) in [4.78, 5) is 23.7. The molecule has 1 aliphatic rings. The van der Waals surface area contributed by atoms with Crippen molar-refractivity contribution in [3.05, 3.63) is 0 Å². The molecule has 1 saturated heterocycles. The first-order valence-corrected chi connectivity index (χ1v) is 5.24. The molecule has 0 amide bonds. The number of rotatable bonds is 4. The van der Waals surface area contributed by atoms with Crippen LogP contribution < -0.4 is 0 Å². The van der Waals surface area contributed by atoms with E-state index in [-0.39, 0.29) is 18.4 Å². The SMILES string of the molecule is CCOC(=O)[C@H]1CCCN(CC(=O)O)C1. The van der Waals surface area contributed by atoms with Gasteiger partial charge in [-0.3, -0.25) is 14.5 Å². The fraction of sp³-hybridized carbons (Fsp3) is 0.800. The monoisotopic (exact) mass is 215 g/mol. The number of aliphatic carboxylic acids is 1. The molecule has 1 rings (SSSR count). The number of carboxylic acid groups (broad SMARTS) is 1. The molecule has 0 aromatic rings. The van der Waals surface area contributed by atoms with Crippen molar-refractivity contribution in [1.82, 2.24) is 4.90 Å². The highest BCUT2D eigenvalue weighted by molar-refractivity contribution is 5.73. The van der Waals surface area contributed by atoms with Gasteiger partial charge in [-0.05, 0) is 26.3 Å². The lowest BCUT2D eigenvalue weighted by Gasteiger charge is -2.29. The number of nitrogens with zero attached hydrogens (tertiary/aromatic N) is 1. The van der Waals surface area contributed by atoms with Gasteiger partial charge in [0.2, 0.25) is 0 Å². The van der Waals surface area contributed by atoms with Crippen molar-refractivity contribution in [3.8, 4) is 0 Å². The molecule has 0 radical (unpaired) electrons.